The highest BCUT2D eigenvalue weighted by atomic mass is 79.9. The van der Waals surface area contributed by atoms with E-state index in [1.165, 1.54) is 5.01 Å². The van der Waals surface area contributed by atoms with E-state index in [0.717, 1.165) is 37.0 Å². The average Bonchev–Trinajstić information content (AvgIpc) is 3.43. The second-order valence-corrected chi connectivity index (χ2v) is 13.6. The number of anilines is 1. The molecule has 0 aromatic heterocycles. The normalized spacial score (nSPS) is 21.7. The Morgan fingerprint density at radius 1 is 0.814 bits per heavy atom. The van der Waals surface area contributed by atoms with Crippen LogP contribution in [0.3, 0.4) is 0 Å². The zero-order valence-electron chi connectivity index (χ0n) is 24.2. The predicted octanol–water partition coefficient (Wildman–Crippen LogP) is 7.93. The third-order valence-electron chi connectivity index (χ3n) is 8.39. The maximum Gasteiger partial charge on any atom is 0.272 e. The molecule has 43 heavy (non-hydrogen) atoms. The Bertz CT molecular complexity index is 1670. The molecular weight excluding hydrogens is 668 g/mol. The topological polar surface area (TPSA) is 56.2 Å². The Balaban J connectivity index is 1.54. The van der Waals surface area contributed by atoms with Crippen LogP contribution < -0.4 is 5.01 Å². The maximum atomic E-state index is 15.3. The van der Waals surface area contributed by atoms with Gasteiger partial charge in [0, 0.05) is 27.4 Å². The summed E-state index contributed by atoms with van der Waals surface area (Å²) in [5.41, 5.74) is 2.56. The summed E-state index contributed by atoms with van der Waals surface area (Å²) in [6, 6.07) is 35.7. The van der Waals surface area contributed by atoms with E-state index in [0.29, 0.717) is 6.54 Å². The molecule has 0 bridgehead atoms. The summed E-state index contributed by atoms with van der Waals surface area (Å²) in [7, 11) is 0. The van der Waals surface area contributed by atoms with Gasteiger partial charge in [0.05, 0.1) is 17.3 Å². The third-order valence-corrected chi connectivity index (χ3v) is 9.45. The van der Waals surface area contributed by atoms with Crippen LogP contribution in [0.25, 0.3) is 0 Å². The number of rotatable bonds is 6. The number of hydrazine groups is 1. The van der Waals surface area contributed by atoms with E-state index in [-0.39, 0.29) is 18.2 Å². The Kier molecular flexibility index (Phi) is 7.87. The molecule has 1 fully saturated rings. The molecule has 4 aromatic rings. The monoisotopic (exact) mass is 698 g/mol. The average molecular weight is 700 g/mol. The van der Waals surface area contributed by atoms with E-state index in [1.807, 2.05) is 140 Å². The standard InChI is InChI=1S/C35H32Br2N4O2/c1-34(2)22-30(42)40(39(34)23-24-10-6-4-7-11-24)33(43)35(3)31(25-12-8-5-9-13-25)32(26-14-16-27(36)17-15-26)38-41(35)29-20-18-28(37)19-21-29/h4-21,31H,22-23H2,1-3H3/t31-,35-/m1/s1. The number of carbonyl (C=O) groups is 2. The van der Waals surface area contributed by atoms with Crippen LogP contribution in [-0.2, 0) is 16.1 Å². The number of hydrazone groups is 1. The number of amides is 2. The lowest BCUT2D eigenvalue weighted by molar-refractivity contribution is -0.165. The van der Waals surface area contributed by atoms with E-state index >= 15 is 4.79 Å². The molecule has 0 N–H and O–H groups in total. The van der Waals surface area contributed by atoms with Crippen LogP contribution in [-0.4, -0.2) is 38.6 Å². The molecule has 218 valence electrons. The molecule has 6 nitrogen and oxygen atoms in total. The van der Waals surface area contributed by atoms with Gasteiger partial charge in [-0.25, -0.2) is 15.0 Å². The Hall–Kier alpha value is -3.59. The van der Waals surface area contributed by atoms with Gasteiger partial charge in [-0.3, -0.25) is 9.59 Å². The molecule has 4 aromatic carbocycles. The number of hydrogen-bond donors (Lipinski definition) is 0. The predicted molar refractivity (Wildman–Crippen MR) is 177 cm³/mol. The fourth-order valence-corrected chi connectivity index (χ4v) is 6.70. The smallest absolute Gasteiger partial charge is 0.272 e. The molecule has 2 aliphatic heterocycles. The molecule has 0 saturated carbocycles. The summed E-state index contributed by atoms with van der Waals surface area (Å²) in [4.78, 5) is 29.1. The van der Waals surface area contributed by atoms with E-state index in [1.54, 1.807) is 0 Å². The lowest BCUT2D eigenvalue weighted by Crippen LogP contribution is -2.62. The van der Waals surface area contributed by atoms with Crippen molar-refractivity contribution < 1.29 is 9.59 Å². The van der Waals surface area contributed by atoms with E-state index in [4.69, 9.17) is 5.10 Å². The van der Waals surface area contributed by atoms with Crippen molar-refractivity contribution in [3.8, 4) is 0 Å². The number of halogens is 2. The Labute approximate surface area is 269 Å². The first-order valence-electron chi connectivity index (χ1n) is 14.2. The zero-order valence-corrected chi connectivity index (χ0v) is 27.4. The van der Waals surface area contributed by atoms with Crippen LogP contribution in [0, 0.1) is 0 Å². The highest BCUT2D eigenvalue weighted by Crippen LogP contribution is 2.47. The van der Waals surface area contributed by atoms with E-state index in [9.17, 15) is 4.79 Å². The molecule has 0 aliphatic carbocycles. The van der Waals surface area contributed by atoms with Crippen LogP contribution in [0.4, 0.5) is 5.69 Å². The van der Waals surface area contributed by atoms with Crippen molar-refractivity contribution in [2.45, 2.75) is 50.7 Å². The Morgan fingerprint density at radius 3 is 1.98 bits per heavy atom. The lowest BCUT2D eigenvalue weighted by atomic mass is 9.75. The molecule has 2 heterocycles. The van der Waals surface area contributed by atoms with Gasteiger partial charge in [0.1, 0.15) is 0 Å². The highest BCUT2D eigenvalue weighted by Gasteiger charge is 2.60. The molecule has 1 saturated heterocycles. The summed E-state index contributed by atoms with van der Waals surface area (Å²) in [5, 5.41) is 10.3. The third kappa shape index (κ3) is 5.37. The number of carbonyl (C=O) groups excluding carboxylic acids is 2. The van der Waals surface area contributed by atoms with E-state index < -0.39 is 17.0 Å². The molecule has 2 aliphatic rings. The maximum absolute atomic E-state index is 15.3. The van der Waals surface area contributed by atoms with Gasteiger partial charge in [0.2, 0.25) is 5.91 Å². The van der Waals surface area contributed by atoms with Crippen molar-refractivity contribution in [1.29, 1.82) is 0 Å². The van der Waals surface area contributed by atoms with Crippen LogP contribution in [0.2, 0.25) is 0 Å². The van der Waals surface area contributed by atoms with Gasteiger partial charge in [-0.15, -0.1) is 0 Å². The quantitative estimate of drug-likeness (QED) is 0.192. The van der Waals surface area contributed by atoms with E-state index in [2.05, 4.69) is 31.9 Å². The first kappa shape index (κ1) is 29.5. The van der Waals surface area contributed by atoms with Crippen LogP contribution >= 0.6 is 31.9 Å². The molecule has 8 heteroatoms. The molecular formula is C35H32Br2N4O2. The summed E-state index contributed by atoms with van der Waals surface area (Å²) in [5.74, 6) is -1.00. The van der Waals surface area contributed by atoms with Crippen LogP contribution in [0.15, 0.2) is 123 Å². The van der Waals surface area contributed by atoms with Gasteiger partial charge in [-0.1, -0.05) is 105 Å². The minimum absolute atomic E-state index is 0.216. The van der Waals surface area contributed by atoms with Crippen molar-refractivity contribution >= 4 is 55.1 Å². The van der Waals surface area contributed by atoms with Gasteiger partial charge >= 0.3 is 0 Å². The van der Waals surface area contributed by atoms with Crippen molar-refractivity contribution in [2.24, 2.45) is 5.10 Å². The number of imide groups is 1. The molecule has 6 rings (SSSR count). The van der Waals surface area contributed by atoms with Crippen molar-refractivity contribution in [3.05, 3.63) is 135 Å². The second-order valence-electron chi connectivity index (χ2n) is 11.8. The van der Waals surface area contributed by atoms with Crippen molar-refractivity contribution in [2.75, 3.05) is 5.01 Å². The van der Waals surface area contributed by atoms with Crippen LogP contribution in [0.1, 0.15) is 49.8 Å². The SMILES string of the molecule is CC1(C)CC(=O)N(C(=O)[C@@]2(C)[C@H](c3ccccc3)C(c3ccc(Br)cc3)=NN2c2ccc(Br)cc2)N1Cc1ccccc1. The fraction of sp³-hybridized carbons (Fsp3) is 0.229. The summed E-state index contributed by atoms with van der Waals surface area (Å²) < 4.78 is 1.88. The fourth-order valence-electron chi connectivity index (χ4n) is 6.17. The van der Waals surface area contributed by atoms with Gasteiger partial charge in [0.25, 0.3) is 5.91 Å². The summed E-state index contributed by atoms with van der Waals surface area (Å²) >= 11 is 7.10. The van der Waals surface area contributed by atoms with Gasteiger partial charge in [-0.2, -0.15) is 5.10 Å². The Morgan fingerprint density at radius 2 is 1.37 bits per heavy atom. The number of benzene rings is 4. The second kappa shape index (κ2) is 11.5. The lowest BCUT2D eigenvalue weighted by Gasteiger charge is -2.43. The zero-order chi connectivity index (χ0) is 30.4. The van der Waals surface area contributed by atoms with Crippen LogP contribution in [0.5, 0.6) is 0 Å². The van der Waals surface area contributed by atoms with Gasteiger partial charge in [0.15, 0.2) is 5.54 Å². The first-order chi connectivity index (χ1) is 20.6. The van der Waals surface area contributed by atoms with Gasteiger partial charge in [-0.05, 0) is 73.9 Å². The molecule has 0 radical (unpaired) electrons. The minimum atomic E-state index is -1.28. The highest BCUT2D eigenvalue weighted by molar-refractivity contribution is 9.10. The van der Waals surface area contributed by atoms with Gasteiger partial charge < -0.3 is 0 Å². The number of nitrogens with zero attached hydrogens (tertiary/aromatic N) is 4. The first-order valence-corrected chi connectivity index (χ1v) is 15.8. The molecule has 0 unspecified atom stereocenters. The molecule has 2 amide bonds. The molecule has 2 atom stereocenters. The van der Waals surface area contributed by atoms with Crippen molar-refractivity contribution in [1.82, 2.24) is 10.0 Å². The summed E-state index contributed by atoms with van der Waals surface area (Å²) in [6.07, 6.45) is 0.233. The summed E-state index contributed by atoms with van der Waals surface area (Å²) in [6.45, 7) is 6.38. The molecule has 0 spiro atoms. The largest absolute Gasteiger partial charge is 0.273 e. The minimum Gasteiger partial charge on any atom is -0.273 e. The number of hydrogen-bond acceptors (Lipinski definition) is 5. The van der Waals surface area contributed by atoms with Crippen molar-refractivity contribution in [3.63, 3.8) is 0 Å².